The lowest BCUT2D eigenvalue weighted by Crippen LogP contribution is -2.29. The Balaban J connectivity index is 1.89. The minimum Gasteiger partial charge on any atom is -0.399 e. The number of nitrogens with one attached hydrogen (secondary N) is 1. The Morgan fingerprint density at radius 3 is 2.71 bits per heavy atom. The smallest absolute Gasteiger partial charge is 0.238 e. The number of likely N-dealkylation sites (N-methyl/N-ethyl adjacent to an activating group) is 1. The number of hydrogen-bond acceptors (Lipinski definition) is 3. The Labute approximate surface area is 133 Å². The highest BCUT2D eigenvalue weighted by Gasteiger charge is 2.09. The molecule has 0 atom stereocenters. The zero-order chi connectivity index (χ0) is 15.2. The van der Waals surface area contributed by atoms with E-state index in [9.17, 15) is 4.79 Å². The topological polar surface area (TPSA) is 58.4 Å². The minimum absolute atomic E-state index is 0.0479. The number of nitrogen functional groups attached to an aromatic ring is 1. The van der Waals surface area contributed by atoms with Gasteiger partial charge in [0.05, 0.1) is 12.2 Å². The van der Waals surface area contributed by atoms with Crippen molar-refractivity contribution in [2.24, 2.45) is 0 Å². The molecule has 0 saturated heterocycles. The number of nitrogens with zero attached hydrogens (tertiary/aromatic N) is 1. The molecule has 0 unspecified atom stereocenters. The molecule has 0 radical (unpaired) electrons. The van der Waals surface area contributed by atoms with Crippen molar-refractivity contribution < 1.29 is 4.79 Å². The Morgan fingerprint density at radius 1 is 1.24 bits per heavy atom. The summed E-state index contributed by atoms with van der Waals surface area (Å²) in [4.78, 5) is 14.0. The quantitative estimate of drug-likeness (QED) is 0.817. The second kappa shape index (κ2) is 7.24. The van der Waals surface area contributed by atoms with Gasteiger partial charge in [0.1, 0.15) is 0 Å². The maximum atomic E-state index is 12.0. The van der Waals surface area contributed by atoms with Gasteiger partial charge >= 0.3 is 0 Å². The average molecular weight is 348 g/mol. The lowest BCUT2D eigenvalue weighted by molar-refractivity contribution is -0.117. The van der Waals surface area contributed by atoms with Gasteiger partial charge in [-0.2, -0.15) is 0 Å². The van der Waals surface area contributed by atoms with Crippen LogP contribution >= 0.6 is 15.9 Å². The van der Waals surface area contributed by atoms with E-state index in [0.717, 1.165) is 21.4 Å². The maximum Gasteiger partial charge on any atom is 0.238 e. The highest BCUT2D eigenvalue weighted by atomic mass is 79.9. The van der Waals surface area contributed by atoms with Crippen LogP contribution in [0.1, 0.15) is 5.56 Å². The first-order valence-corrected chi connectivity index (χ1v) is 7.41. The van der Waals surface area contributed by atoms with Crippen LogP contribution in [0.3, 0.4) is 0 Å². The van der Waals surface area contributed by atoms with Crippen molar-refractivity contribution in [2.45, 2.75) is 6.54 Å². The first-order valence-electron chi connectivity index (χ1n) is 6.62. The largest absolute Gasteiger partial charge is 0.399 e. The fourth-order valence-electron chi connectivity index (χ4n) is 2.06. The first-order chi connectivity index (χ1) is 10.0. The number of benzene rings is 2. The molecule has 2 rings (SSSR count). The van der Waals surface area contributed by atoms with Crippen LogP contribution in [-0.2, 0) is 11.3 Å². The number of carbonyl (C=O) groups excluding carboxylic acids is 1. The predicted molar refractivity (Wildman–Crippen MR) is 90.0 cm³/mol. The Kier molecular flexibility index (Phi) is 5.36. The Morgan fingerprint density at radius 2 is 2.00 bits per heavy atom. The van der Waals surface area contributed by atoms with Crippen molar-refractivity contribution in [3.05, 3.63) is 58.6 Å². The monoisotopic (exact) mass is 347 g/mol. The standard InChI is InChI=1S/C16H18BrN3O/c1-20(10-12-5-4-6-13(18)9-12)11-16(21)19-15-8-3-2-7-14(15)17/h2-9H,10-11,18H2,1H3,(H,19,21). The minimum atomic E-state index is -0.0479. The summed E-state index contributed by atoms with van der Waals surface area (Å²) in [7, 11) is 1.91. The van der Waals surface area contributed by atoms with E-state index in [2.05, 4.69) is 21.2 Å². The summed E-state index contributed by atoms with van der Waals surface area (Å²) in [5, 5.41) is 2.89. The Bertz CT molecular complexity index is 630. The van der Waals surface area contributed by atoms with Crippen LogP contribution in [0.2, 0.25) is 0 Å². The van der Waals surface area contributed by atoms with Crippen LogP contribution in [0, 0.1) is 0 Å². The van der Waals surface area contributed by atoms with Gasteiger partial charge in [-0.3, -0.25) is 9.69 Å². The SMILES string of the molecule is CN(CC(=O)Nc1ccccc1Br)Cc1cccc(N)c1. The van der Waals surface area contributed by atoms with Gasteiger partial charge in [0.15, 0.2) is 0 Å². The summed E-state index contributed by atoms with van der Waals surface area (Å²) >= 11 is 3.41. The van der Waals surface area contributed by atoms with Gasteiger partial charge in [-0.05, 0) is 52.8 Å². The van der Waals surface area contributed by atoms with Crippen LogP contribution in [-0.4, -0.2) is 24.4 Å². The first kappa shape index (κ1) is 15.5. The molecule has 1 amide bonds. The number of nitrogens with two attached hydrogens (primary N) is 1. The molecule has 110 valence electrons. The molecule has 0 aliphatic rings. The summed E-state index contributed by atoms with van der Waals surface area (Å²) in [6.07, 6.45) is 0. The molecular formula is C16H18BrN3O. The molecule has 21 heavy (non-hydrogen) atoms. The van der Waals surface area contributed by atoms with Crippen molar-refractivity contribution >= 4 is 33.2 Å². The van der Waals surface area contributed by atoms with E-state index in [4.69, 9.17) is 5.73 Å². The van der Waals surface area contributed by atoms with E-state index in [0.29, 0.717) is 13.1 Å². The number of halogens is 1. The van der Waals surface area contributed by atoms with E-state index < -0.39 is 0 Å². The van der Waals surface area contributed by atoms with Crippen LogP contribution in [0.5, 0.6) is 0 Å². The normalized spacial score (nSPS) is 10.6. The van der Waals surface area contributed by atoms with Crippen molar-refractivity contribution in [2.75, 3.05) is 24.6 Å². The summed E-state index contributed by atoms with van der Waals surface area (Å²) in [5.41, 5.74) is 8.35. The van der Waals surface area contributed by atoms with Crippen molar-refractivity contribution in [3.63, 3.8) is 0 Å². The molecule has 4 nitrogen and oxygen atoms in total. The van der Waals surface area contributed by atoms with Gasteiger partial charge in [0, 0.05) is 16.7 Å². The molecule has 0 spiro atoms. The molecule has 2 aromatic rings. The maximum absolute atomic E-state index is 12.0. The summed E-state index contributed by atoms with van der Waals surface area (Å²) < 4.78 is 0.872. The molecule has 0 heterocycles. The molecule has 0 aromatic heterocycles. The third-order valence-corrected chi connectivity index (χ3v) is 3.66. The third-order valence-electron chi connectivity index (χ3n) is 2.96. The molecule has 2 aromatic carbocycles. The summed E-state index contributed by atoms with van der Waals surface area (Å²) in [6.45, 7) is 0.991. The van der Waals surface area contributed by atoms with Crippen molar-refractivity contribution in [1.82, 2.24) is 4.90 Å². The number of anilines is 2. The van der Waals surface area contributed by atoms with E-state index in [1.54, 1.807) is 0 Å². The Hall–Kier alpha value is -1.85. The highest BCUT2D eigenvalue weighted by Crippen LogP contribution is 2.21. The van der Waals surface area contributed by atoms with Gasteiger partial charge in [-0.15, -0.1) is 0 Å². The van der Waals surface area contributed by atoms with Crippen LogP contribution < -0.4 is 11.1 Å². The van der Waals surface area contributed by atoms with Crippen LogP contribution in [0.4, 0.5) is 11.4 Å². The average Bonchev–Trinajstić information content (AvgIpc) is 2.41. The van der Waals surface area contributed by atoms with Gasteiger partial charge in [-0.25, -0.2) is 0 Å². The zero-order valence-electron chi connectivity index (χ0n) is 11.8. The zero-order valence-corrected chi connectivity index (χ0v) is 13.4. The second-order valence-electron chi connectivity index (χ2n) is 4.95. The molecule has 3 N–H and O–H groups in total. The molecule has 0 saturated carbocycles. The fraction of sp³-hybridized carbons (Fsp3) is 0.188. The molecule has 5 heteroatoms. The molecule has 0 aliphatic carbocycles. The van der Waals surface area contributed by atoms with Crippen molar-refractivity contribution in [3.8, 4) is 0 Å². The molecule has 0 fully saturated rings. The highest BCUT2D eigenvalue weighted by molar-refractivity contribution is 9.10. The number of para-hydroxylation sites is 1. The van der Waals surface area contributed by atoms with Gasteiger partial charge in [-0.1, -0.05) is 24.3 Å². The van der Waals surface area contributed by atoms with Crippen LogP contribution in [0.25, 0.3) is 0 Å². The number of rotatable bonds is 5. The van der Waals surface area contributed by atoms with E-state index in [1.807, 2.05) is 60.5 Å². The number of hydrogen-bond donors (Lipinski definition) is 2. The van der Waals surface area contributed by atoms with E-state index >= 15 is 0 Å². The number of amides is 1. The van der Waals surface area contributed by atoms with Crippen molar-refractivity contribution in [1.29, 1.82) is 0 Å². The number of carbonyl (C=O) groups is 1. The second-order valence-corrected chi connectivity index (χ2v) is 5.80. The molecule has 0 bridgehead atoms. The summed E-state index contributed by atoms with van der Waals surface area (Å²) in [5.74, 6) is -0.0479. The third kappa shape index (κ3) is 4.88. The lowest BCUT2D eigenvalue weighted by Gasteiger charge is -2.17. The van der Waals surface area contributed by atoms with E-state index in [-0.39, 0.29) is 5.91 Å². The van der Waals surface area contributed by atoms with Gasteiger partial charge in [0.25, 0.3) is 0 Å². The van der Waals surface area contributed by atoms with Crippen LogP contribution in [0.15, 0.2) is 53.0 Å². The van der Waals surface area contributed by atoms with E-state index in [1.165, 1.54) is 0 Å². The molecular weight excluding hydrogens is 330 g/mol. The lowest BCUT2D eigenvalue weighted by atomic mass is 10.2. The van der Waals surface area contributed by atoms with Gasteiger partial charge < -0.3 is 11.1 Å². The predicted octanol–water partition coefficient (Wildman–Crippen LogP) is 3.10. The van der Waals surface area contributed by atoms with Gasteiger partial charge in [0.2, 0.25) is 5.91 Å². The summed E-state index contributed by atoms with van der Waals surface area (Å²) in [6, 6.07) is 15.2. The molecule has 0 aliphatic heterocycles. The fourth-order valence-corrected chi connectivity index (χ4v) is 2.44.